The van der Waals surface area contributed by atoms with Gasteiger partial charge in [0, 0.05) is 11.1 Å². The van der Waals surface area contributed by atoms with Crippen molar-refractivity contribution in [1.29, 1.82) is 0 Å². The largest absolute Gasteiger partial charge is 0.416 e. The Balaban J connectivity index is 1.89. The van der Waals surface area contributed by atoms with Gasteiger partial charge in [-0.05, 0) is 43.3 Å². The van der Waals surface area contributed by atoms with Crippen LogP contribution < -0.4 is 11.1 Å². The molecule has 5 nitrogen and oxygen atoms in total. The predicted molar refractivity (Wildman–Crippen MR) is 93.9 cm³/mol. The van der Waals surface area contributed by atoms with Crippen LogP contribution in [0.4, 0.5) is 24.5 Å². The van der Waals surface area contributed by atoms with Gasteiger partial charge >= 0.3 is 6.18 Å². The van der Waals surface area contributed by atoms with Gasteiger partial charge in [-0.1, -0.05) is 11.6 Å². The van der Waals surface area contributed by atoms with Crippen LogP contribution >= 0.6 is 11.6 Å². The normalized spacial score (nSPS) is 13.0. The van der Waals surface area contributed by atoms with Crippen molar-refractivity contribution in [3.05, 3.63) is 53.2 Å². The molecular weight excluding hydrogens is 369 g/mol. The number of hydrogen-bond donors (Lipinski definition) is 2. The molecule has 0 aliphatic heterocycles. The van der Waals surface area contributed by atoms with E-state index in [9.17, 15) is 18.0 Å². The highest BCUT2D eigenvalue weighted by Crippen LogP contribution is 2.34. The SMILES string of the molecule is CC(C(=O)Nc1cc(C(F)(F)F)ccc1Cl)n1ncc2ccc(N)cc21. The Hall–Kier alpha value is -2.74. The van der Waals surface area contributed by atoms with Crippen molar-refractivity contribution in [2.45, 2.75) is 19.1 Å². The molecule has 0 spiro atoms. The number of benzene rings is 2. The molecule has 1 atom stereocenters. The van der Waals surface area contributed by atoms with Gasteiger partial charge in [-0.3, -0.25) is 9.48 Å². The van der Waals surface area contributed by atoms with Crippen LogP contribution in [0.25, 0.3) is 10.9 Å². The summed E-state index contributed by atoms with van der Waals surface area (Å²) in [6.45, 7) is 1.58. The fourth-order valence-electron chi connectivity index (χ4n) is 2.51. The van der Waals surface area contributed by atoms with Crippen molar-refractivity contribution in [3.8, 4) is 0 Å². The maximum Gasteiger partial charge on any atom is 0.416 e. The Labute approximate surface area is 151 Å². The van der Waals surface area contributed by atoms with Gasteiger partial charge in [0.15, 0.2) is 0 Å². The van der Waals surface area contributed by atoms with Gasteiger partial charge in [0.1, 0.15) is 6.04 Å². The molecule has 2 aromatic carbocycles. The zero-order chi connectivity index (χ0) is 19.1. The Morgan fingerprint density at radius 3 is 2.69 bits per heavy atom. The minimum atomic E-state index is -4.54. The third-order valence-electron chi connectivity index (χ3n) is 3.92. The van der Waals surface area contributed by atoms with Crippen LogP contribution in [-0.4, -0.2) is 15.7 Å². The molecule has 26 heavy (non-hydrogen) atoms. The number of nitrogens with zero attached hydrogens (tertiary/aromatic N) is 2. The minimum Gasteiger partial charge on any atom is -0.399 e. The number of anilines is 2. The van der Waals surface area contributed by atoms with Crippen molar-refractivity contribution < 1.29 is 18.0 Å². The summed E-state index contributed by atoms with van der Waals surface area (Å²) in [5.74, 6) is -0.557. The van der Waals surface area contributed by atoms with E-state index in [-0.39, 0.29) is 10.7 Å². The zero-order valence-electron chi connectivity index (χ0n) is 13.5. The summed E-state index contributed by atoms with van der Waals surface area (Å²) in [6, 6.07) is 7.10. The second kappa shape index (κ2) is 6.53. The topological polar surface area (TPSA) is 72.9 Å². The number of alkyl halides is 3. The van der Waals surface area contributed by atoms with E-state index in [1.807, 2.05) is 0 Å². The summed E-state index contributed by atoms with van der Waals surface area (Å²) in [5.41, 5.74) is 5.89. The molecule has 0 aliphatic rings. The number of aromatic nitrogens is 2. The number of nitrogens with one attached hydrogen (secondary N) is 1. The molecule has 0 saturated heterocycles. The molecule has 0 fully saturated rings. The van der Waals surface area contributed by atoms with Crippen LogP contribution in [0.3, 0.4) is 0 Å². The average Bonchev–Trinajstić information content (AvgIpc) is 2.97. The smallest absolute Gasteiger partial charge is 0.399 e. The lowest BCUT2D eigenvalue weighted by Gasteiger charge is -2.16. The average molecular weight is 383 g/mol. The van der Waals surface area contributed by atoms with E-state index in [2.05, 4.69) is 10.4 Å². The van der Waals surface area contributed by atoms with Gasteiger partial charge < -0.3 is 11.1 Å². The molecular formula is C17H14ClF3N4O. The standard InChI is InChI=1S/C17H14ClF3N4O/c1-9(25-15-7-12(22)4-2-10(15)8-23-25)16(26)24-14-6-11(17(19,20)21)3-5-13(14)18/h2-9H,22H2,1H3,(H,24,26). The number of nitrogen functional groups attached to an aromatic ring is 1. The molecule has 0 bridgehead atoms. The summed E-state index contributed by atoms with van der Waals surface area (Å²) in [4.78, 5) is 12.5. The third-order valence-corrected chi connectivity index (χ3v) is 4.25. The quantitative estimate of drug-likeness (QED) is 0.655. The van der Waals surface area contributed by atoms with Crippen molar-refractivity contribution >= 4 is 39.8 Å². The van der Waals surface area contributed by atoms with Gasteiger partial charge in [-0.25, -0.2) is 0 Å². The molecule has 0 radical (unpaired) electrons. The molecule has 0 aliphatic carbocycles. The highest BCUT2D eigenvalue weighted by Gasteiger charge is 2.31. The van der Waals surface area contributed by atoms with E-state index in [1.54, 1.807) is 31.3 Å². The molecule has 136 valence electrons. The number of nitrogens with two attached hydrogens (primary N) is 1. The molecule has 1 unspecified atom stereocenters. The third kappa shape index (κ3) is 3.45. The fraction of sp³-hybridized carbons (Fsp3) is 0.176. The van der Waals surface area contributed by atoms with Gasteiger partial charge in [0.25, 0.3) is 0 Å². The Morgan fingerprint density at radius 2 is 2.00 bits per heavy atom. The number of carbonyl (C=O) groups is 1. The first-order chi connectivity index (χ1) is 12.2. The predicted octanol–water partition coefficient (Wildman–Crippen LogP) is 4.49. The molecule has 3 rings (SSSR count). The zero-order valence-corrected chi connectivity index (χ0v) is 14.3. The maximum atomic E-state index is 12.8. The number of fused-ring (bicyclic) bond motifs is 1. The monoisotopic (exact) mass is 382 g/mol. The molecule has 9 heteroatoms. The Morgan fingerprint density at radius 1 is 1.27 bits per heavy atom. The minimum absolute atomic E-state index is 0.00752. The van der Waals surface area contributed by atoms with Gasteiger partial charge in [-0.15, -0.1) is 0 Å². The highest BCUT2D eigenvalue weighted by atomic mass is 35.5. The van der Waals surface area contributed by atoms with Crippen LogP contribution in [0, 0.1) is 0 Å². The van der Waals surface area contributed by atoms with Crippen molar-refractivity contribution in [3.63, 3.8) is 0 Å². The summed E-state index contributed by atoms with van der Waals surface area (Å²) in [7, 11) is 0. The van der Waals surface area contributed by atoms with E-state index in [4.69, 9.17) is 17.3 Å². The van der Waals surface area contributed by atoms with Crippen LogP contribution in [0.1, 0.15) is 18.5 Å². The summed E-state index contributed by atoms with van der Waals surface area (Å²) in [6.07, 6.45) is -2.96. The van der Waals surface area contributed by atoms with E-state index in [0.29, 0.717) is 11.2 Å². The molecule has 3 N–H and O–H groups in total. The molecule has 1 heterocycles. The first-order valence-electron chi connectivity index (χ1n) is 7.57. The van der Waals surface area contributed by atoms with Crippen LogP contribution in [0.2, 0.25) is 5.02 Å². The van der Waals surface area contributed by atoms with E-state index in [1.165, 1.54) is 4.68 Å². The first kappa shape index (κ1) is 18.1. The summed E-state index contributed by atoms with van der Waals surface area (Å²) < 4.78 is 40.0. The van der Waals surface area contributed by atoms with Crippen molar-refractivity contribution in [2.75, 3.05) is 11.1 Å². The number of amides is 1. The second-order valence-corrected chi connectivity index (χ2v) is 6.17. The molecule has 1 amide bonds. The molecule has 3 aromatic rings. The maximum absolute atomic E-state index is 12.8. The first-order valence-corrected chi connectivity index (χ1v) is 7.95. The summed E-state index contributed by atoms with van der Waals surface area (Å²) >= 11 is 5.91. The number of hydrogen-bond acceptors (Lipinski definition) is 3. The van der Waals surface area contributed by atoms with E-state index >= 15 is 0 Å². The van der Waals surface area contributed by atoms with Gasteiger partial charge in [0.2, 0.25) is 5.91 Å². The lowest BCUT2D eigenvalue weighted by molar-refractivity contribution is -0.137. The van der Waals surface area contributed by atoms with Crippen LogP contribution in [0.15, 0.2) is 42.6 Å². The number of halogens is 4. The van der Waals surface area contributed by atoms with Crippen LogP contribution in [0.5, 0.6) is 0 Å². The number of rotatable bonds is 3. The van der Waals surface area contributed by atoms with Gasteiger partial charge in [0.05, 0.1) is 28.0 Å². The van der Waals surface area contributed by atoms with Crippen molar-refractivity contribution in [1.82, 2.24) is 9.78 Å². The lowest BCUT2D eigenvalue weighted by atomic mass is 10.2. The van der Waals surface area contributed by atoms with Gasteiger partial charge in [-0.2, -0.15) is 18.3 Å². The number of carbonyl (C=O) groups excluding carboxylic acids is 1. The van der Waals surface area contributed by atoms with Crippen LogP contribution in [-0.2, 0) is 11.0 Å². The Bertz CT molecular complexity index is 984. The second-order valence-electron chi connectivity index (χ2n) is 5.77. The summed E-state index contributed by atoms with van der Waals surface area (Å²) in [5, 5.41) is 7.39. The molecule has 1 aromatic heterocycles. The highest BCUT2D eigenvalue weighted by molar-refractivity contribution is 6.33. The molecule has 0 saturated carbocycles. The fourth-order valence-corrected chi connectivity index (χ4v) is 2.67. The van der Waals surface area contributed by atoms with Crippen molar-refractivity contribution in [2.24, 2.45) is 0 Å². The van der Waals surface area contributed by atoms with E-state index < -0.39 is 23.7 Å². The lowest BCUT2D eigenvalue weighted by Crippen LogP contribution is -2.24. The Kier molecular flexibility index (Phi) is 4.53. The van der Waals surface area contributed by atoms with E-state index in [0.717, 1.165) is 23.6 Å².